The number of hydrogen-bond donors (Lipinski definition) is 1. The van der Waals surface area contributed by atoms with Crippen LogP contribution in [-0.2, 0) is 9.53 Å². The van der Waals surface area contributed by atoms with Crippen molar-refractivity contribution in [3.63, 3.8) is 0 Å². The Kier molecular flexibility index (Phi) is 7.33. The largest absolute Gasteiger partial charge is 0.464 e. The van der Waals surface area contributed by atoms with E-state index in [1.165, 1.54) is 0 Å². The molecule has 0 radical (unpaired) electrons. The maximum Gasteiger partial charge on any atom is 0.328 e. The van der Waals surface area contributed by atoms with E-state index in [2.05, 4.69) is 19.2 Å². The summed E-state index contributed by atoms with van der Waals surface area (Å²) in [6, 6.07) is 4.84. The Labute approximate surface area is 137 Å². The van der Waals surface area contributed by atoms with Crippen LogP contribution < -0.4 is 5.32 Å². The van der Waals surface area contributed by atoms with Crippen molar-refractivity contribution in [2.45, 2.75) is 40.2 Å². The molecule has 1 N–H and O–H groups in total. The molecule has 0 aliphatic heterocycles. The predicted molar refractivity (Wildman–Crippen MR) is 89.1 cm³/mol. The van der Waals surface area contributed by atoms with E-state index in [0.29, 0.717) is 34.9 Å². The van der Waals surface area contributed by atoms with Crippen LogP contribution in [0.5, 0.6) is 0 Å². The molecule has 0 saturated carbocycles. The van der Waals surface area contributed by atoms with Crippen LogP contribution in [0, 0.1) is 11.8 Å². The van der Waals surface area contributed by atoms with E-state index in [9.17, 15) is 4.79 Å². The molecule has 0 heterocycles. The molecule has 0 spiro atoms. The van der Waals surface area contributed by atoms with E-state index in [0.717, 1.165) is 5.69 Å². The summed E-state index contributed by atoms with van der Waals surface area (Å²) < 4.78 is 5.33. The molecule has 0 fully saturated rings. The summed E-state index contributed by atoms with van der Waals surface area (Å²) >= 11 is 11.9. The summed E-state index contributed by atoms with van der Waals surface area (Å²) in [5, 5.41) is 4.13. The van der Waals surface area contributed by atoms with Crippen LogP contribution in [0.4, 0.5) is 5.69 Å². The van der Waals surface area contributed by atoms with E-state index in [4.69, 9.17) is 27.9 Å². The molecule has 5 heteroatoms. The molecule has 3 nitrogen and oxygen atoms in total. The Balaban J connectivity index is 2.77. The van der Waals surface area contributed by atoms with Gasteiger partial charge in [-0.25, -0.2) is 4.79 Å². The summed E-state index contributed by atoms with van der Waals surface area (Å²) in [5.41, 5.74) is 0.761. The highest BCUT2D eigenvalue weighted by Crippen LogP contribution is 2.26. The van der Waals surface area contributed by atoms with Crippen molar-refractivity contribution < 1.29 is 9.53 Å². The minimum Gasteiger partial charge on any atom is -0.464 e. The Hall–Kier alpha value is -0.930. The minimum absolute atomic E-state index is 0.233. The zero-order valence-corrected chi connectivity index (χ0v) is 14.5. The Morgan fingerprint density at radius 3 is 2.33 bits per heavy atom. The fourth-order valence-electron chi connectivity index (χ4n) is 1.82. The van der Waals surface area contributed by atoms with Gasteiger partial charge < -0.3 is 10.1 Å². The number of anilines is 1. The van der Waals surface area contributed by atoms with E-state index >= 15 is 0 Å². The number of carbonyl (C=O) groups excluding carboxylic acids is 1. The van der Waals surface area contributed by atoms with Gasteiger partial charge in [0.2, 0.25) is 0 Å². The number of halogens is 2. The van der Waals surface area contributed by atoms with Gasteiger partial charge in [0.1, 0.15) is 6.04 Å². The SMILES string of the molecule is CC(C)COC(=O)[C@H](CC(C)C)Nc1ccc(Cl)c(Cl)c1. The summed E-state index contributed by atoms with van der Waals surface area (Å²) in [6.45, 7) is 8.59. The van der Waals surface area contributed by atoms with Crippen molar-refractivity contribution >= 4 is 34.9 Å². The van der Waals surface area contributed by atoms with Crippen molar-refractivity contribution in [3.8, 4) is 0 Å². The number of esters is 1. The van der Waals surface area contributed by atoms with E-state index in [-0.39, 0.29) is 12.0 Å². The number of rotatable bonds is 7. The minimum atomic E-state index is -0.388. The summed E-state index contributed by atoms with van der Waals surface area (Å²) in [6.07, 6.45) is 0.692. The Morgan fingerprint density at radius 2 is 1.81 bits per heavy atom. The third kappa shape index (κ3) is 6.58. The molecular weight excluding hydrogens is 309 g/mol. The molecule has 0 aromatic heterocycles. The van der Waals surface area contributed by atoms with Crippen LogP contribution >= 0.6 is 23.2 Å². The molecule has 21 heavy (non-hydrogen) atoms. The number of ether oxygens (including phenoxy) is 1. The van der Waals surface area contributed by atoms with Crippen molar-refractivity contribution in [1.29, 1.82) is 0 Å². The number of benzene rings is 1. The average molecular weight is 332 g/mol. The van der Waals surface area contributed by atoms with Crippen LogP contribution in [0.15, 0.2) is 18.2 Å². The van der Waals surface area contributed by atoms with Crippen molar-refractivity contribution in [2.75, 3.05) is 11.9 Å². The molecule has 0 saturated heterocycles. The first-order valence-corrected chi connectivity index (χ1v) is 7.93. The van der Waals surface area contributed by atoms with Gasteiger partial charge in [0.05, 0.1) is 16.7 Å². The standard InChI is InChI=1S/C16H23Cl2NO2/c1-10(2)7-15(16(20)21-9-11(3)4)19-12-5-6-13(17)14(18)8-12/h5-6,8,10-11,15,19H,7,9H2,1-4H3/t15-/m0/s1. The van der Waals surface area contributed by atoms with E-state index < -0.39 is 0 Å². The number of carbonyl (C=O) groups is 1. The van der Waals surface area contributed by atoms with Crippen LogP contribution in [0.1, 0.15) is 34.1 Å². The van der Waals surface area contributed by atoms with Crippen LogP contribution in [-0.4, -0.2) is 18.6 Å². The maximum atomic E-state index is 12.2. The highest BCUT2D eigenvalue weighted by molar-refractivity contribution is 6.42. The molecule has 1 aromatic rings. The van der Waals surface area contributed by atoms with Crippen LogP contribution in [0.2, 0.25) is 10.0 Å². The van der Waals surface area contributed by atoms with Gasteiger partial charge >= 0.3 is 5.97 Å². The fraction of sp³-hybridized carbons (Fsp3) is 0.562. The van der Waals surface area contributed by atoms with E-state index in [1.807, 2.05) is 13.8 Å². The van der Waals surface area contributed by atoms with Crippen molar-refractivity contribution in [3.05, 3.63) is 28.2 Å². The van der Waals surface area contributed by atoms with Gasteiger partial charge in [0, 0.05) is 5.69 Å². The second-order valence-corrected chi connectivity index (χ2v) is 6.79. The third-order valence-electron chi connectivity index (χ3n) is 2.81. The van der Waals surface area contributed by atoms with Gasteiger partial charge in [0.25, 0.3) is 0 Å². The first kappa shape index (κ1) is 18.1. The normalized spacial score (nSPS) is 12.6. The Bertz CT molecular complexity index is 475. The van der Waals surface area contributed by atoms with Gasteiger partial charge in [-0.15, -0.1) is 0 Å². The first-order chi connectivity index (χ1) is 9.79. The molecular formula is C16H23Cl2NO2. The predicted octanol–water partition coefficient (Wildman–Crippen LogP) is 5.02. The van der Waals surface area contributed by atoms with E-state index in [1.54, 1.807) is 18.2 Å². The number of hydrogen-bond acceptors (Lipinski definition) is 3. The number of nitrogens with one attached hydrogen (secondary N) is 1. The topological polar surface area (TPSA) is 38.3 Å². The molecule has 1 rings (SSSR count). The lowest BCUT2D eigenvalue weighted by Gasteiger charge is -2.21. The monoisotopic (exact) mass is 331 g/mol. The maximum absolute atomic E-state index is 12.2. The fourth-order valence-corrected chi connectivity index (χ4v) is 2.12. The lowest BCUT2D eigenvalue weighted by atomic mass is 10.0. The first-order valence-electron chi connectivity index (χ1n) is 7.17. The second kappa shape index (κ2) is 8.50. The molecule has 0 unspecified atom stereocenters. The molecule has 118 valence electrons. The summed E-state index contributed by atoms with van der Waals surface area (Å²) in [5.74, 6) is 0.457. The van der Waals surface area contributed by atoms with Gasteiger partial charge in [-0.2, -0.15) is 0 Å². The van der Waals surface area contributed by atoms with Gasteiger partial charge in [-0.05, 0) is 36.5 Å². The van der Waals surface area contributed by atoms with Crippen molar-refractivity contribution in [2.24, 2.45) is 11.8 Å². The summed E-state index contributed by atoms with van der Waals surface area (Å²) in [7, 11) is 0. The van der Waals surface area contributed by atoms with Gasteiger partial charge in [-0.3, -0.25) is 0 Å². The molecule has 0 amide bonds. The lowest BCUT2D eigenvalue weighted by molar-refractivity contribution is -0.146. The highest BCUT2D eigenvalue weighted by atomic mass is 35.5. The van der Waals surface area contributed by atoms with Crippen LogP contribution in [0.3, 0.4) is 0 Å². The average Bonchev–Trinajstić information content (AvgIpc) is 2.39. The molecule has 0 aliphatic rings. The lowest BCUT2D eigenvalue weighted by Crippen LogP contribution is -2.33. The van der Waals surface area contributed by atoms with Gasteiger partial charge in [-0.1, -0.05) is 50.9 Å². The smallest absolute Gasteiger partial charge is 0.328 e. The summed E-state index contributed by atoms with van der Waals surface area (Å²) in [4.78, 5) is 12.2. The van der Waals surface area contributed by atoms with Crippen molar-refractivity contribution in [1.82, 2.24) is 0 Å². The second-order valence-electron chi connectivity index (χ2n) is 5.98. The zero-order valence-electron chi connectivity index (χ0n) is 13.0. The quantitative estimate of drug-likeness (QED) is 0.713. The zero-order chi connectivity index (χ0) is 16.0. The Morgan fingerprint density at radius 1 is 1.14 bits per heavy atom. The molecule has 0 bridgehead atoms. The molecule has 1 aromatic carbocycles. The third-order valence-corrected chi connectivity index (χ3v) is 3.55. The highest BCUT2D eigenvalue weighted by Gasteiger charge is 2.21. The molecule has 0 aliphatic carbocycles. The molecule has 1 atom stereocenters. The van der Waals surface area contributed by atoms with Crippen LogP contribution in [0.25, 0.3) is 0 Å². The van der Waals surface area contributed by atoms with Gasteiger partial charge in [0.15, 0.2) is 0 Å².